The van der Waals surface area contributed by atoms with Gasteiger partial charge < -0.3 is 13.6 Å². The van der Waals surface area contributed by atoms with Crippen LogP contribution < -0.4 is 13.6 Å². The van der Waals surface area contributed by atoms with Gasteiger partial charge >= 0.3 is 8.60 Å². The average molecular weight is 521 g/mol. The van der Waals surface area contributed by atoms with Crippen LogP contribution in [0.4, 0.5) is 0 Å². The molecule has 0 aliphatic heterocycles. The van der Waals surface area contributed by atoms with E-state index in [0.717, 1.165) is 33.9 Å². The van der Waals surface area contributed by atoms with E-state index in [4.69, 9.17) is 13.6 Å². The Morgan fingerprint density at radius 2 is 0.676 bits per heavy atom. The molecule has 0 heterocycles. The molecular weight excluding hydrogens is 475 g/mol. The van der Waals surface area contributed by atoms with E-state index in [2.05, 4.69) is 119 Å². The zero-order valence-electron chi connectivity index (χ0n) is 24.9. The maximum Gasteiger partial charge on any atom is 0.530 e. The first-order valence-corrected chi connectivity index (χ1v) is 14.2. The smallest absolute Gasteiger partial charge is 0.408 e. The lowest BCUT2D eigenvalue weighted by Gasteiger charge is -2.25. The summed E-state index contributed by atoms with van der Waals surface area (Å²) in [5.41, 5.74) is 7.20. The SMILES string of the molecule is Cc1cc(C(C)(C)C)ccc1OP(Oc1ccc(C(C)(C)C)cc1C)Oc1ccc(C(C)(C)C)cc1C. The Labute approximate surface area is 226 Å². The highest BCUT2D eigenvalue weighted by molar-refractivity contribution is 7.43. The van der Waals surface area contributed by atoms with Crippen LogP contribution in [-0.2, 0) is 16.2 Å². The second-order valence-electron chi connectivity index (χ2n) is 13.2. The van der Waals surface area contributed by atoms with Gasteiger partial charge in [0.1, 0.15) is 17.2 Å². The fraction of sp³-hybridized carbons (Fsp3) is 0.455. The summed E-state index contributed by atoms with van der Waals surface area (Å²) in [7, 11) is -1.75. The molecule has 0 spiro atoms. The average Bonchev–Trinajstić information content (AvgIpc) is 2.75. The highest BCUT2D eigenvalue weighted by Crippen LogP contribution is 2.46. The van der Waals surface area contributed by atoms with Crippen molar-refractivity contribution in [2.24, 2.45) is 0 Å². The van der Waals surface area contributed by atoms with Crippen molar-refractivity contribution in [3.63, 3.8) is 0 Å². The topological polar surface area (TPSA) is 27.7 Å². The third-order valence-corrected chi connectivity index (χ3v) is 7.68. The van der Waals surface area contributed by atoms with Gasteiger partial charge in [-0.3, -0.25) is 0 Å². The molecule has 0 bridgehead atoms. The third-order valence-electron chi connectivity index (χ3n) is 6.64. The lowest BCUT2D eigenvalue weighted by atomic mass is 9.86. The molecule has 4 heteroatoms. The van der Waals surface area contributed by atoms with E-state index >= 15 is 0 Å². The fourth-order valence-corrected chi connectivity index (χ4v) is 5.16. The molecule has 37 heavy (non-hydrogen) atoms. The van der Waals surface area contributed by atoms with E-state index in [-0.39, 0.29) is 16.2 Å². The number of hydrogen-bond donors (Lipinski definition) is 0. The predicted molar refractivity (Wildman–Crippen MR) is 158 cm³/mol. The van der Waals surface area contributed by atoms with Crippen LogP contribution in [0, 0.1) is 20.8 Å². The minimum atomic E-state index is -1.75. The highest BCUT2D eigenvalue weighted by Gasteiger charge is 2.25. The van der Waals surface area contributed by atoms with E-state index in [1.54, 1.807) is 0 Å². The molecule has 0 amide bonds. The molecule has 0 saturated heterocycles. The predicted octanol–water partition coefficient (Wildman–Crippen LogP) is 10.3. The molecule has 0 N–H and O–H groups in total. The first-order chi connectivity index (χ1) is 16.9. The Hall–Kier alpha value is -2.51. The summed E-state index contributed by atoms with van der Waals surface area (Å²) in [5, 5.41) is 0. The Balaban J connectivity index is 1.96. The van der Waals surface area contributed by atoms with Crippen molar-refractivity contribution in [2.45, 2.75) is 99.3 Å². The molecule has 200 valence electrons. The van der Waals surface area contributed by atoms with Gasteiger partial charge in [0, 0.05) is 0 Å². The summed E-state index contributed by atoms with van der Waals surface area (Å²) in [6.45, 7) is 26.2. The van der Waals surface area contributed by atoms with Gasteiger partial charge in [0.05, 0.1) is 0 Å². The van der Waals surface area contributed by atoms with Crippen LogP contribution in [-0.4, -0.2) is 0 Å². The number of hydrogen-bond acceptors (Lipinski definition) is 3. The summed E-state index contributed by atoms with van der Waals surface area (Å²) in [6.07, 6.45) is 0. The minimum absolute atomic E-state index is 0.0683. The quantitative estimate of drug-likeness (QED) is 0.303. The molecule has 0 fully saturated rings. The van der Waals surface area contributed by atoms with Crippen LogP contribution in [0.15, 0.2) is 54.6 Å². The molecule has 0 unspecified atom stereocenters. The van der Waals surface area contributed by atoms with Gasteiger partial charge in [0.2, 0.25) is 0 Å². The van der Waals surface area contributed by atoms with Gasteiger partial charge in [-0.25, -0.2) is 0 Å². The maximum absolute atomic E-state index is 6.45. The Morgan fingerprint density at radius 1 is 0.432 bits per heavy atom. The summed E-state index contributed by atoms with van der Waals surface area (Å²) in [5.74, 6) is 2.31. The third kappa shape index (κ3) is 7.51. The van der Waals surface area contributed by atoms with Crippen LogP contribution in [0.3, 0.4) is 0 Å². The summed E-state index contributed by atoms with van der Waals surface area (Å²) < 4.78 is 19.3. The lowest BCUT2D eigenvalue weighted by Crippen LogP contribution is -2.12. The Kier molecular flexibility index (Phi) is 8.40. The lowest BCUT2D eigenvalue weighted by molar-refractivity contribution is 0.384. The minimum Gasteiger partial charge on any atom is -0.408 e. The first kappa shape index (κ1) is 29.1. The van der Waals surface area contributed by atoms with Crippen molar-refractivity contribution in [1.82, 2.24) is 0 Å². The molecule has 0 aromatic heterocycles. The summed E-state index contributed by atoms with van der Waals surface area (Å²) in [6, 6.07) is 19.0. The first-order valence-electron chi connectivity index (χ1n) is 13.1. The molecule has 0 radical (unpaired) electrons. The monoisotopic (exact) mass is 520 g/mol. The zero-order chi connectivity index (χ0) is 27.8. The van der Waals surface area contributed by atoms with E-state index in [9.17, 15) is 0 Å². The van der Waals surface area contributed by atoms with Crippen molar-refractivity contribution >= 4 is 8.60 Å². The van der Waals surface area contributed by atoms with E-state index in [0.29, 0.717) is 0 Å². The van der Waals surface area contributed by atoms with Crippen molar-refractivity contribution in [3.8, 4) is 17.2 Å². The van der Waals surface area contributed by atoms with Gasteiger partial charge in [-0.1, -0.05) is 98.7 Å². The van der Waals surface area contributed by atoms with Crippen LogP contribution in [0.5, 0.6) is 17.2 Å². The van der Waals surface area contributed by atoms with Crippen molar-refractivity contribution in [2.75, 3.05) is 0 Å². The molecular formula is C33H45O3P. The number of rotatable bonds is 6. The molecule has 3 nitrogen and oxygen atoms in total. The van der Waals surface area contributed by atoms with E-state index in [1.165, 1.54) is 16.7 Å². The fourth-order valence-electron chi connectivity index (χ4n) is 3.95. The molecule has 3 aromatic rings. The molecule has 0 atom stereocenters. The summed E-state index contributed by atoms with van der Waals surface area (Å²) in [4.78, 5) is 0. The number of aryl methyl sites for hydroxylation is 3. The Morgan fingerprint density at radius 3 is 0.865 bits per heavy atom. The van der Waals surface area contributed by atoms with Gasteiger partial charge in [0.15, 0.2) is 0 Å². The second kappa shape index (κ2) is 10.7. The molecule has 0 aliphatic carbocycles. The summed E-state index contributed by atoms with van der Waals surface area (Å²) >= 11 is 0. The van der Waals surface area contributed by atoms with Crippen LogP contribution in [0.25, 0.3) is 0 Å². The second-order valence-corrected chi connectivity index (χ2v) is 14.2. The molecule has 3 rings (SSSR count). The molecule has 0 saturated carbocycles. The number of benzene rings is 3. The van der Waals surface area contributed by atoms with Gasteiger partial charge in [0.25, 0.3) is 0 Å². The van der Waals surface area contributed by atoms with Crippen molar-refractivity contribution in [3.05, 3.63) is 88.0 Å². The van der Waals surface area contributed by atoms with Crippen LogP contribution in [0.2, 0.25) is 0 Å². The standard InChI is InChI=1S/C33H45O3P/c1-22-19-25(31(4,5)6)13-16-28(22)34-37(35-29-17-14-26(20-23(29)2)32(7,8)9)36-30-18-15-27(21-24(30)3)33(10,11)12/h13-21H,1-12H3. The van der Waals surface area contributed by atoms with Gasteiger partial charge in [-0.05, 0) is 88.6 Å². The Bertz CT molecular complexity index is 1080. The van der Waals surface area contributed by atoms with E-state index < -0.39 is 8.60 Å². The van der Waals surface area contributed by atoms with E-state index in [1.807, 2.05) is 18.2 Å². The largest absolute Gasteiger partial charge is 0.530 e. The van der Waals surface area contributed by atoms with Crippen LogP contribution in [0.1, 0.15) is 95.7 Å². The zero-order valence-corrected chi connectivity index (χ0v) is 25.8. The van der Waals surface area contributed by atoms with Gasteiger partial charge in [-0.2, -0.15) is 0 Å². The normalized spacial score (nSPS) is 12.6. The van der Waals surface area contributed by atoms with Gasteiger partial charge in [-0.15, -0.1) is 0 Å². The maximum atomic E-state index is 6.45. The van der Waals surface area contributed by atoms with Crippen LogP contribution >= 0.6 is 8.60 Å². The highest BCUT2D eigenvalue weighted by atomic mass is 31.2. The molecule has 0 aliphatic rings. The molecule has 3 aromatic carbocycles. The van der Waals surface area contributed by atoms with Crippen molar-refractivity contribution < 1.29 is 13.6 Å². The van der Waals surface area contributed by atoms with Crippen molar-refractivity contribution in [1.29, 1.82) is 0 Å².